The lowest BCUT2D eigenvalue weighted by Gasteiger charge is -2.31. The number of carbonyl (C=O) groups excluding carboxylic acids is 1. The van der Waals surface area contributed by atoms with Gasteiger partial charge >= 0.3 is 0 Å². The fourth-order valence-electron chi connectivity index (χ4n) is 4.12. The topological polar surface area (TPSA) is 87.5 Å². The number of carbonyl (C=O) groups is 1. The standard InChI is InChI=1S/C24H28N4O4/c1-28-21(14-20(27-28)19-13-18(30-2)6-7-22(19)31-3)24(29)26-23(16-8-11-32-12-9-16)17-5-4-10-25-15-17/h4-7,10,13-16,23H,8-9,11-12H2,1-3H3,(H,26,29). The van der Waals surface area contributed by atoms with Gasteiger partial charge in [-0.05, 0) is 54.7 Å². The van der Waals surface area contributed by atoms with Crippen molar-refractivity contribution in [1.29, 1.82) is 0 Å². The van der Waals surface area contributed by atoms with E-state index in [4.69, 9.17) is 14.2 Å². The van der Waals surface area contributed by atoms with E-state index in [0.717, 1.165) is 24.0 Å². The molecule has 1 atom stereocenters. The van der Waals surface area contributed by atoms with Gasteiger partial charge in [-0.15, -0.1) is 0 Å². The van der Waals surface area contributed by atoms with E-state index in [1.807, 2.05) is 36.5 Å². The number of pyridine rings is 1. The van der Waals surface area contributed by atoms with Crippen molar-refractivity contribution in [3.63, 3.8) is 0 Å². The van der Waals surface area contributed by atoms with Crippen molar-refractivity contribution >= 4 is 5.91 Å². The molecule has 1 amide bonds. The second-order valence-corrected chi connectivity index (χ2v) is 7.79. The average Bonchev–Trinajstić information content (AvgIpc) is 3.24. The Kier molecular flexibility index (Phi) is 6.70. The first-order valence-electron chi connectivity index (χ1n) is 10.7. The maximum Gasteiger partial charge on any atom is 0.270 e. The van der Waals surface area contributed by atoms with Crippen LogP contribution in [0, 0.1) is 5.92 Å². The zero-order valence-electron chi connectivity index (χ0n) is 18.6. The minimum absolute atomic E-state index is 0.148. The van der Waals surface area contributed by atoms with Gasteiger partial charge in [0.15, 0.2) is 0 Å². The predicted molar refractivity (Wildman–Crippen MR) is 120 cm³/mol. The molecular formula is C24H28N4O4. The number of nitrogens with one attached hydrogen (secondary N) is 1. The molecule has 3 aromatic rings. The molecule has 1 fully saturated rings. The van der Waals surface area contributed by atoms with Crippen molar-refractivity contribution in [2.75, 3.05) is 27.4 Å². The molecular weight excluding hydrogens is 408 g/mol. The number of aromatic nitrogens is 3. The van der Waals surface area contributed by atoms with E-state index < -0.39 is 0 Å². The van der Waals surface area contributed by atoms with Crippen molar-refractivity contribution in [2.45, 2.75) is 18.9 Å². The maximum absolute atomic E-state index is 13.3. The summed E-state index contributed by atoms with van der Waals surface area (Å²) in [5, 5.41) is 7.79. The van der Waals surface area contributed by atoms with Gasteiger partial charge < -0.3 is 19.5 Å². The first-order chi connectivity index (χ1) is 15.6. The van der Waals surface area contributed by atoms with E-state index in [9.17, 15) is 4.79 Å². The Labute approximate surface area is 187 Å². The lowest BCUT2D eigenvalue weighted by Crippen LogP contribution is -2.36. The number of methoxy groups -OCH3 is 2. The number of ether oxygens (including phenoxy) is 3. The molecule has 1 aliphatic heterocycles. The predicted octanol–water partition coefficient (Wildman–Crippen LogP) is 3.40. The summed E-state index contributed by atoms with van der Waals surface area (Å²) >= 11 is 0. The molecule has 8 heteroatoms. The van der Waals surface area contributed by atoms with E-state index in [1.54, 1.807) is 38.2 Å². The summed E-state index contributed by atoms with van der Waals surface area (Å²) < 4.78 is 17.9. The molecule has 1 aliphatic rings. The van der Waals surface area contributed by atoms with Gasteiger partial charge in [0.05, 0.1) is 26.0 Å². The van der Waals surface area contributed by atoms with E-state index in [0.29, 0.717) is 36.1 Å². The maximum atomic E-state index is 13.3. The molecule has 1 N–H and O–H groups in total. The molecule has 32 heavy (non-hydrogen) atoms. The molecule has 1 aromatic carbocycles. The number of benzene rings is 1. The Morgan fingerprint density at radius 3 is 2.69 bits per heavy atom. The van der Waals surface area contributed by atoms with Gasteiger partial charge in [0.25, 0.3) is 5.91 Å². The first-order valence-corrected chi connectivity index (χ1v) is 10.7. The molecule has 0 aliphatic carbocycles. The quantitative estimate of drug-likeness (QED) is 0.611. The van der Waals surface area contributed by atoms with Crippen LogP contribution in [-0.2, 0) is 11.8 Å². The van der Waals surface area contributed by atoms with Crippen molar-refractivity contribution in [1.82, 2.24) is 20.1 Å². The Balaban J connectivity index is 1.62. The summed E-state index contributed by atoms with van der Waals surface area (Å²) in [7, 11) is 4.98. The van der Waals surface area contributed by atoms with E-state index in [1.165, 1.54) is 0 Å². The van der Waals surface area contributed by atoms with Crippen molar-refractivity contribution in [3.05, 3.63) is 60.0 Å². The third kappa shape index (κ3) is 4.60. The monoisotopic (exact) mass is 436 g/mol. The van der Waals surface area contributed by atoms with Crippen LogP contribution < -0.4 is 14.8 Å². The van der Waals surface area contributed by atoms with E-state index in [2.05, 4.69) is 15.4 Å². The van der Waals surface area contributed by atoms with Gasteiger partial charge in [0, 0.05) is 38.2 Å². The van der Waals surface area contributed by atoms with Gasteiger partial charge in [-0.25, -0.2) is 0 Å². The Bertz CT molecular complexity index is 1060. The molecule has 168 valence electrons. The van der Waals surface area contributed by atoms with Crippen LogP contribution in [0.25, 0.3) is 11.3 Å². The largest absolute Gasteiger partial charge is 0.497 e. The minimum Gasteiger partial charge on any atom is -0.497 e. The highest BCUT2D eigenvalue weighted by atomic mass is 16.5. The highest BCUT2D eigenvalue weighted by Crippen LogP contribution is 2.34. The number of amides is 1. The second kappa shape index (κ2) is 9.82. The minimum atomic E-state index is -0.187. The molecule has 0 spiro atoms. The van der Waals surface area contributed by atoms with Gasteiger partial charge in [-0.2, -0.15) is 5.10 Å². The molecule has 8 nitrogen and oxygen atoms in total. The van der Waals surface area contributed by atoms with Crippen LogP contribution in [0.3, 0.4) is 0 Å². The van der Waals surface area contributed by atoms with Crippen LogP contribution >= 0.6 is 0 Å². The van der Waals surface area contributed by atoms with Crippen molar-refractivity contribution in [2.24, 2.45) is 13.0 Å². The lowest BCUT2D eigenvalue weighted by molar-refractivity contribution is 0.0512. The summed E-state index contributed by atoms with van der Waals surface area (Å²) in [4.78, 5) is 17.6. The SMILES string of the molecule is COc1ccc(OC)c(-c2cc(C(=O)NC(c3cccnc3)C3CCOCC3)n(C)n2)c1. The Morgan fingerprint density at radius 2 is 2.00 bits per heavy atom. The zero-order valence-corrected chi connectivity index (χ0v) is 18.6. The summed E-state index contributed by atoms with van der Waals surface area (Å²) in [6.07, 6.45) is 5.33. The van der Waals surface area contributed by atoms with Gasteiger partial charge in [-0.3, -0.25) is 14.5 Å². The molecule has 1 unspecified atom stereocenters. The third-order valence-corrected chi connectivity index (χ3v) is 5.86. The zero-order chi connectivity index (χ0) is 22.5. The number of hydrogen-bond donors (Lipinski definition) is 1. The Hall–Kier alpha value is -3.39. The third-order valence-electron chi connectivity index (χ3n) is 5.86. The smallest absolute Gasteiger partial charge is 0.270 e. The van der Waals surface area contributed by atoms with Crippen LogP contribution in [0.1, 0.15) is 34.9 Å². The summed E-state index contributed by atoms with van der Waals surface area (Å²) in [6.45, 7) is 1.39. The summed E-state index contributed by atoms with van der Waals surface area (Å²) in [5.74, 6) is 1.44. The van der Waals surface area contributed by atoms with Crippen LogP contribution in [0.2, 0.25) is 0 Å². The van der Waals surface area contributed by atoms with Crippen LogP contribution in [0.4, 0.5) is 0 Å². The van der Waals surface area contributed by atoms with Crippen molar-refractivity contribution in [3.8, 4) is 22.8 Å². The Morgan fingerprint density at radius 1 is 1.19 bits per heavy atom. The van der Waals surface area contributed by atoms with Crippen LogP contribution in [0.5, 0.6) is 11.5 Å². The van der Waals surface area contributed by atoms with Crippen LogP contribution in [0.15, 0.2) is 48.8 Å². The summed E-state index contributed by atoms with van der Waals surface area (Å²) in [5.41, 5.74) is 2.85. The van der Waals surface area contributed by atoms with E-state index >= 15 is 0 Å². The number of nitrogens with zero attached hydrogens (tertiary/aromatic N) is 3. The molecule has 0 bridgehead atoms. The highest BCUT2D eigenvalue weighted by Gasteiger charge is 2.28. The van der Waals surface area contributed by atoms with E-state index in [-0.39, 0.29) is 17.9 Å². The fraction of sp³-hybridized carbons (Fsp3) is 0.375. The normalized spacial score (nSPS) is 15.2. The fourth-order valence-corrected chi connectivity index (χ4v) is 4.12. The van der Waals surface area contributed by atoms with Gasteiger partial charge in [0.2, 0.25) is 0 Å². The van der Waals surface area contributed by atoms with Crippen LogP contribution in [-0.4, -0.2) is 48.1 Å². The average molecular weight is 437 g/mol. The van der Waals surface area contributed by atoms with Crippen molar-refractivity contribution < 1.29 is 19.0 Å². The summed E-state index contributed by atoms with van der Waals surface area (Å²) in [6, 6.07) is 11.0. The number of aryl methyl sites for hydroxylation is 1. The molecule has 1 saturated heterocycles. The van der Waals surface area contributed by atoms with Gasteiger partial charge in [0.1, 0.15) is 17.2 Å². The molecule has 3 heterocycles. The van der Waals surface area contributed by atoms with Gasteiger partial charge in [-0.1, -0.05) is 6.07 Å². The number of rotatable bonds is 7. The molecule has 4 rings (SSSR count). The molecule has 2 aromatic heterocycles. The second-order valence-electron chi connectivity index (χ2n) is 7.79. The molecule has 0 saturated carbocycles. The number of hydrogen-bond acceptors (Lipinski definition) is 6. The molecule has 0 radical (unpaired) electrons. The highest BCUT2D eigenvalue weighted by molar-refractivity contribution is 5.94. The first kappa shape index (κ1) is 21.8. The lowest BCUT2D eigenvalue weighted by atomic mass is 9.87.